The molecule has 0 aliphatic rings. The average molecular weight is 210 g/mol. The highest BCUT2D eigenvalue weighted by Gasteiger charge is 1.96. The van der Waals surface area contributed by atoms with Crippen LogP contribution < -0.4 is 0 Å². The van der Waals surface area contributed by atoms with E-state index in [-0.39, 0.29) is 0 Å². The highest BCUT2D eigenvalue weighted by molar-refractivity contribution is 5.26. The molecule has 0 amide bonds. The third kappa shape index (κ3) is 7.15. The lowest BCUT2D eigenvalue weighted by Crippen LogP contribution is -1.90. The molecular formula is C14H26O. The van der Waals surface area contributed by atoms with Crippen LogP contribution in [0.1, 0.15) is 45.2 Å². The van der Waals surface area contributed by atoms with Crippen molar-refractivity contribution in [2.24, 2.45) is 0 Å². The average Bonchev–Trinajstić information content (AvgIpc) is 2.35. The van der Waals surface area contributed by atoms with Crippen molar-refractivity contribution in [2.75, 3.05) is 7.11 Å². The van der Waals surface area contributed by atoms with Crippen LogP contribution in [-0.4, -0.2) is 12.2 Å². The molecule has 0 aliphatic heterocycles. The molecule has 0 spiro atoms. The second-order valence-electron chi connectivity index (χ2n) is 2.87. The third-order valence-corrected chi connectivity index (χ3v) is 2.02. The zero-order valence-electron chi connectivity index (χ0n) is 10.9. The molecule has 0 bridgehead atoms. The number of aliphatic hydroxyl groups excluding tert-OH is 1. The SMILES string of the molecule is CC.CCCc1ccccc1CC.CO. The summed E-state index contributed by atoms with van der Waals surface area (Å²) in [5.74, 6) is 0. The minimum atomic E-state index is 1.00. The van der Waals surface area contributed by atoms with Crippen molar-refractivity contribution in [2.45, 2.75) is 47.0 Å². The Hall–Kier alpha value is -0.820. The second kappa shape index (κ2) is 13.2. The summed E-state index contributed by atoms with van der Waals surface area (Å²) in [5, 5.41) is 7.00. The van der Waals surface area contributed by atoms with Crippen LogP contribution in [0, 0.1) is 0 Å². The first kappa shape index (κ1) is 16.6. The summed E-state index contributed by atoms with van der Waals surface area (Å²) in [5.41, 5.74) is 3.03. The summed E-state index contributed by atoms with van der Waals surface area (Å²) in [6.45, 7) is 8.45. The lowest BCUT2D eigenvalue weighted by Gasteiger charge is -2.04. The van der Waals surface area contributed by atoms with E-state index < -0.39 is 0 Å². The molecule has 0 saturated heterocycles. The van der Waals surface area contributed by atoms with E-state index in [0.29, 0.717) is 0 Å². The Bertz CT molecular complexity index is 218. The number of aryl methyl sites for hydroxylation is 2. The first-order valence-electron chi connectivity index (χ1n) is 5.90. The van der Waals surface area contributed by atoms with E-state index in [0.717, 1.165) is 13.5 Å². The van der Waals surface area contributed by atoms with Crippen LogP contribution in [0.3, 0.4) is 0 Å². The van der Waals surface area contributed by atoms with Gasteiger partial charge in [0.2, 0.25) is 0 Å². The number of hydrogen-bond donors (Lipinski definition) is 1. The van der Waals surface area contributed by atoms with Crippen LogP contribution in [0.25, 0.3) is 0 Å². The van der Waals surface area contributed by atoms with Gasteiger partial charge in [0.05, 0.1) is 0 Å². The Kier molecular flexibility index (Phi) is 14.6. The quantitative estimate of drug-likeness (QED) is 0.803. The molecule has 1 N–H and O–H groups in total. The van der Waals surface area contributed by atoms with Crippen molar-refractivity contribution >= 4 is 0 Å². The number of aliphatic hydroxyl groups is 1. The molecule has 1 aromatic rings. The van der Waals surface area contributed by atoms with Crippen molar-refractivity contribution in [3.8, 4) is 0 Å². The molecule has 88 valence electrons. The highest BCUT2D eigenvalue weighted by atomic mass is 16.2. The molecule has 0 saturated carbocycles. The van der Waals surface area contributed by atoms with Gasteiger partial charge in [-0.1, -0.05) is 58.4 Å². The summed E-state index contributed by atoms with van der Waals surface area (Å²) < 4.78 is 0. The zero-order valence-corrected chi connectivity index (χ0v) is 10.9. The predicted octanol–water partition coefficient (Wildman–Crippen LogP) is 3.84. The molecule has 0 radical (unpaired) electrons. The van der Waals surface area contributed by atoms with Gasteiger partial charge in [-0.15, -0.1) is 0 Å². The first-order valence-corrected chi connectivity index (χ1v) is 5.90. The first-order chi connectivity index (χ1) is 7.38. The summed E-state index contributed by atoms with van der Waals surface area (Å²) >= 11 is 0. The van der Waals surface area contributed by atoms with E-state index >= 15 is 0 Å². The molecule has 1 aromatic carbocycles. The maximum absolute atomic E-state index is 7.00. The zero-order chi connectivity index (χ0) is 12.1. The fraction of sp³-hybridized carbons (Fsp3) is 0.571. The van der Waals surface area contributed by atoms with Gasteiger partial charge < -0.3 is 5.11 Å². The van der Waals surface area contributed by atoms with Gasteiger partial charge in [-0.25, -0.2) is 0 Å². The number of hydrogen-bond acceptors (Lipinski definition) is 1. The minimum absolute atomic E-state index is 1.00. The van der Waals surface area contributed by atoms with E-state index in [1.165, 1.54) is 24.0 Å². The third-order valence-electron chi connectivity index (χ3n) is 2.02. The van der Waals surface area contributed by atoms with E-state index in [1.54, 1.807) is 0 Å². The normalized spacial score (nSPS) is 8.13. The molecular weight excluding hydrogens is 184 g/mol. The number of benzene rings is 1. The lowest BCUT2D eigenvalue weighted by atomic mass is 10.0. The second-order valence-corrected chi connectivity index (χ2v) is 2.87. The van der Waals surface area contributed by atoms with Crippen LogP contribution in [0.2, 0.25) is 0 Å². The molecule has 0 heterocycles. The van der Waals surface area contributed by atoms with Gasteiger partial charge in [0.25, 0.3) is 0 Å². The van der Waals surface area contributed by atoms with E-state index in [2.05, 4.69) is 38.1 Å². The van der Waals surface area contributed by atoms with Crippen LogP contribution in [0.4, 0.5) is 0 Å². The Morgan fingerprint density at radius 2 is 1.40 bits per heavy atom. The molecule has 1 rings (SSSR count). The van der Waals surface area contributed by atoms with Crippen LogP contribution in [-0.2, 0) is 12.8 Å². The van der Waals surface area contributed by atoms with Gasteiger partial charge in [-0.05, 0) is 24.0 Å². The van der Waals surface area contributed by atoms with E-state index in [4.69, 9.17) is 5.11 Å². The minimum Gasteiger partial charge on any atom is -0.400 e. The maximum Gasteiger partial charge on any atom is 0.0319 e. The van der Waals surface area contributed by atoms with Crippen molar-refractivity contribution in [1.82, 2.24) is 0 Å². The van der Waals surface area contributed by atoms with Gasteiger partial charge in [0.1, 0.15) is 0 Å². The fourth-order valence-corrected chi connectivity index (χ4v) is 1.42. The monoisotopic (exact) mass is 210 g/mol. The molecule has 0 aliphatic carbocycles. The van der Waals surface area contributed by atoms with Crippen molar-refractivity contribution in [1.29, 1.82) is 0 Å². The molecule has 1 nitrogen and oxygen atoms in total. The Labute approximate surface area is 95.2 Å². The number of rotatable bonds is 3. The van der Waals surface area contributed by atoms with Gasteiger partial charge in [0, 0.05) is 7.11 Å². The Morgan fingerprint density at radius 3 is 1.80 bits per heavy atom. The maximum atomic E-state index is 7.00. The van der Waals surface area contributed by atoms with Gasteiger partial charge >= 0.3 is 0 Å². The summed E-state index contributed by atoms with van der Waals surface area (Å²) in [7, 11) is 1.00. The molecule has 0 unspecified atom stereocenters. The Balaban J connectivity index is 0. The molecule has 0 fully saturated rings. The van der Waals surface area contributed by atoms with Crippen LogP contribution >= 0.6 is 0 Å². The van der Waals surface area contributed by atoms with Crippen molar-refractivity contribution in [3.05, 3.63) is 35.4 Å². The molecule has 0 aromatic heterocycles. The van der Waals surface area contributed by atoms with Gasteiger partial charge in [-0.2, -0.15) is 0 Å². The summed E-state index contributed by atoms with van der Waals surface area (Å²) in [6, 6.07) is 8.72. The lowest BCUT2D eigenvalue weighted by molar-refractivity contribution is 0.399. The van der Waals surface area contributed by atoms with E-state index in [1.807, 2.05) is 13.8 Å². The topological polar surface area (TPSA) is 20.2 Å². The van der Waals surface area contributed by atoms with E-state index in [9.17, 15) is 0 Å². The van der Waals surface area contributed by atoms with Crippen LogP contribution in [0.5, 0.6) is 0 Å². The highest BCUT2D eigenvalue weighted by Crippen LogP contribution is 2.10. The van der Waals surface area contributed by atoms with Crippen molar-refractivity contribution < 1.29 is 5.11 Å². The molecule has 15 heavy (non-hydrogen) atoms. The summed E-state index contributed by atoms with van der Waals surface area (Å²) in [4.78, 5) is 0. The largest absolute Gasteiger partial charge is 0.400 e. The summed E-state index contributed by atoms with van der Waals surface area (Å²) in [6.07, 6.45) is 3.64. The predicted molar refractivity (Wildman–Crippen MR) is 69.3 cm³/mol. The van der Waals surface area contributed by atoms with Gasteiger partial charge in [-0.3, -0.25) is 0 Å². The standard InChI is InChI=1S/C11H16.C2H6.CH4O/c1-3-7-11-9-6-5-8-10(11)4-2;2*1-2/h5-6,8-9H,3-4,7H2,1-2H3;1-2H3;2H,1H3. The Morgan fingerprint density at radius 1 is 0.933 bits per heavy atom. The molecule has 0 atom stereocenters. The van der Waals surface area contributed by atoms with Crippen molar-refractivity contribution in [3.63, 3.8) is 0 Å². The smallest absolute Gasteiger partial charge is 0.0319 e. The molecule has 1 heteroatoms. The van der Waals surface area contributed by atoms with Crippen LogP contribution in [0.15, 0.2) is 24.3 Å². The van der Waals surface area contributed by atoms with Gasteiger partial charge in [0.15, 0.2) is 0 Å². The fourth-order valence-electron chi connectivity index (χ4n) is 1.42.